The highest BCUT2D eigenvalue weighted by atomic mass is 16.5. The van der Waals surface area contributed by atoms with Gasteiger partial charge in [0.05, 0.1) is 19.8 Å². The van der Waals surface area contributed by atoms with Crippen LogP contribution in [0.3, 0.4) is 0 Å². The predicted molar refractivity (Wildman–Crippen MR) is 105 cm³/mol. The molecule has 5 nitrogen and oxygen atoms in total. The van der Waals surface area contributed by atoms with Crippen molar-refractivity contribution in [2.24, 2.45) is 5.41 Å². The van der Waals surface area contributed by atoms with Crippen LogP contribution in [0.15, 0.2) is 0 Å². The number of carbonyl (C=O) groups is 1. The summed E-state index contributed by atoms with van der Waals surface area (Å²) in [5.41, 5.74) is 0.438. The predicted octanol–water partition coefficient (Wildman–Crippen LogP) is 3.58. The Morgan fingerprint density at radius 2 is 1.58 bits per heavy atom. The summed E-state index contributed by atoms with van der Waals surface area (Å²) in [6, 6.07) is 0. The van der Waals surface area contributed by atoms with Crippen LogP contribution in [0.25, 0.3) is 0 Å². The minimum absolute atomic E-state index is 0.438. The summed E-state index contributed by atoms with van der Waals surface area (Å²) in [6.07, 6.45) is 3.04. The van der Waals surface area contributed by atoms with E-state index in [9.17, 15) is 0 Å². The van der Waals surface area contributed by atoms with Gasteiger partial charge < -0.3 is 14.8 Å². The average Bonchev–Trinajstić information content (AvgIpc) is 2.61. The Kier molecular flexibility index (Phi) is 26.2. The fourth-order valence-corrected chi connectivity index (χ4v) is 1.83. The second-order valence-corrected chi connectivity index (χ2v) is 6.14. The first kappa shape index (κ1) is 28.2. The Balaban J connectivity index is -0.000000471. The highest BCUT2D eigenvalue weighted by Crippen LogP contribution is 2.20. The molecule has 1 saturated heterocycles. The molecule has 0 unspecified atom stereocenters. The van der Waals surface area contributed by atoms with E-state index in [1.807, 2.05) is 27.7 Å². The molecule has 0 saturated carbocycles. The highest BCUT2D eigenvalue weighted by molar-refractivity contribution is 5.44. The third kappa shape index (κ3) is 26.3. The molecule has 1 N–H and O–H groups in total. The molecule has 0 atom stereocenters. The molecule has 148 valence electrons. The van der Waals surface area contributed by atoms with Crippen molar-refractivity contribution >= 4 is 6.41 Å². The molecule has 0 spiro atoms. The van der Waals surface area contributed by atoms with Crippen molar-refractivity contribution in [2.45, 2.75) is 61.3 Å². The molecule has 1 rings (SSSR count). The van der Waals surface area contributed by atoms with E-state index in [-0.39, 0.29) is 0 Å². The van der Waals surface area contributed by atoms with Gasteiger partial charge in [-0.1, -0.05) is 48.5 Å². The van der Waals surface area contributed by atoms with Crippen LogP contribution in [0.5, 0.6) is 0 Å². The van der Waals surface area contributed by atoms with E-state index in [0.29, 0.717) is 11.8 Å². The summed E-state index contributed by atoms with van der Waals surface area (Å²) >= 11 is 0. The smallest absolute Gasteiger partial charge is 0.206 e. The number of rotatable bonds is 7. The molecule has 1 aliphatic heterocycles. The average molecular weight is 349 g/mol. The first-order chi connectivity index (χ1) is 11.5. The number of hydrogen-bond donors (Lipinski definition) is 1. The lowest BCUT2D eigenvalue weighted by atomic mass is 9.91. The van der Waals surface area contributed by atoms with Gasteiger partial charge in [-0.15, -0.1) is 0 Å². The lowest BCUT2D eigenvalue weighted by Crippen LogP contribution is -2.38. The van der Waals surface area contributed by atoms with Crippen molar-refractivity contribution in [3.63, 3.8) is 0 Å². The fourth-order valence-electron chi connectivity index (χ4n) is 1.83. The molecule has 0 aromatic carbocycles. The van der Waals surface area contributed by atoms with Gasteiger partial charge in [0.15, 0.2) is 0 Å². The summed E-state index contributed by atoms with van der Waals surface area (Å²) in [6.45, 7) is 21.5. The third-order valence-corrected chi connectivity index (χ3v) is 2.99. The van der Waals surface area contributed by atoms with Crippen molar-refractivity contribution in [3.05, 3.63) is 0 Å². The van der Waals surface area contributed by atoms with Gasteiger partial charge in [-0.25, -0.2) is 0 Å². The molecule has 1 fully saturated rings. The van der Waals surface area contributed by atoms with E-state index in [2.05, 4.69) is 31.0 Å². The van der Waals surface area contributed by atoms with Crippen molar-refractivity contribution in [1.82, 2.24) is 10.2 Å². The molecule has 0 aromatic rings. The highest BCUT2D eigenvalue weighted by Gasteiger charge is 2.10. The molecular weight excluding hydrogens is 304 g/mol. The maximum absolute atomic E-state index is 9.06. The third-order valence-electron chi connectivity index (χ3n) is 2.99. The van der Waals surface area contributed by atoms with Crippen LogP contribution >= 0.6 is 0 Å². The molecule has 1 aliphatic rings. The SMILES string of the molecule is CC.CC.CC(C)(C)CCCOCCN1CCOCC1.CNC=O. The van der Waals surface area contributed by atoms with Crippen LogP contribution < -0.4 is 5.32 Å². The van der Waals surface area contributed by atoms with Gasteiger partial charge in [0, 0.05) is 33.3 Å². The molecule has 0 radical (unpaired) electrons. The lowest BCUT2D eigenvalue weighted by Gasteiger charge is -2.26. The molecule has 5 heteroatoms. The number of morpholine rings is 1. The second-order valence-electron chi connectivity index (χ2n) is 6.14. The van der Waals surface area contributed by atoms with Gasteiger partial charge in [-0.3, -0.25) is 9.69 Å². The van der Waals surface area contributed by atoms with Gasteiger partial charge >= 0.3 is 0 Å². The minimum atomic E-state index is 0.438. The largest absolute Gasteiger partial charge is 0.380 e. The lowest BCUT2D eigenvalue weighted by molar-refractivity contribution is -0.109. The summed E-state index contributed by atoms with van der Waals surface area (Å²) in [7, 11) is 1.56. The summed E-state index contributed by atoms with van der Waals surface area (Å²) in [4.78, 5) is 11.5. The Morgan fingerprint density at radius 3 is 2.00 bits per heavy atom. The maximum atomic E-state index is 9.06. The molecule has 1 amide bonds. The zero-order chi connectivity index (χ0) is 19.3. The van der Waals surface area contributed by atoms with E-state index >= 15 is 0 Å². The number of hydrogen-bond acceptors (Lipinski definition) is 4. The summed E-state index contributed by atoms with van der Waals surface area (Å²) < 4.78 is 10.9. The van der Waals surface area contributed by atoms with E-state index in [1.54, 1.807) is 7.05 Å². The van der Waals surface area contributed by atoms with Gasteiger partial charge in [-0.2, -0.15) is 0 Å². The van der Waals surface area contributed by atoms with Gasteiger partial charge in [0.25, 0.3) is 0 Å². The van der Waals surface area contributed by atoms with Crippen molar-refractivity contribution in [3.8, 4) is 0 Å². The van der Waals surface area contributed by atoms with Crippen LogP contribution in [0.1, 0.15) is 61.3 Å². The summed E-state index contributed by atoms with van der Waals surface area (Å²) in [5, 5.41) is 2.25. The van der Waals surface area contributed by atoms with Crippen LogP contribution in [0.4, 0.5) is 0 Å². The molecule has 0 aliphatic carbocycles. The first-order valence-electron chi connectivity index (χ1n) is 9.48. The van der Waals surface area contributed by atoms with E-state index in [0.717, 1.165) is 46.1 Å². The first-order valence-corrected chi connectivity index (χ1v) is 9.48. The van der Waals surface area contributed by atoms with Gasteiger partial charge in [0.1, 0.15) is 0 Å². The standard InChI is InChI=1S/C13H27NO2.C2H5NO.2C2H6/c1-13(2,3)5-4-9-15-10-6-14-7-11-16-12-8-14;1-3-2-4;2*1-2/h4-12H2,1-3H3;2H,1H3,(H,3,4);2*1-2H3. The minimum Gasteiger partial charge on any atom is -0.380 e. The fraction of sp³-hybridized carbons (Fsp3) is 0.947. The Hall–Kier alpha value is -0.650. The van der Waals surface area contributed by atoms with E-state index < -0.39 is 0 Å². The van der Waals surface area contributed by atoms with Crippen LogP contribution in [0, 0.1) is 5.41 Å². The van der Waals surface area contributed by atoms with Crippen LogP contribution in [-0.2, 0) is 14.3 Å². The van der Waals surface area contributed by atoms with Crippen molar-refractivity contribution in [1.29, 1.82) is 0 Å². The number of ether oxygens (including phenoxy) is 2. The van der Waals surface area contributed by atoms with Gasteiger partial charge in [-0.05, 0) is 18.3 Å². The zero-order valence-electron chi connectivity index (χ0n) is 17.6. The summed E-state index contributed by atoms with van der Waals surface area (Å²) in [5.74, 6) is 0. The monoisotopic (exact) mass is 348 g/mol. The molecule has 24 heavy (non-hydrogen) atoms. The molecular formula is C19H44N2O3. The van der Waals surface area contributed by atoms with Gasteiger partial charge in [0.2, 0.25) is 6.41 Å². The second kappa shape index (κ2) is 22.4. The number of nitrogens with one attached hydrogen (secondary N) is 1. The number of carbonyl (C=O) groups excluding carboxylic acids is 1. The molecule has 1 heterocycles. The van der Waals surface area contributed by atoms with E-state index in [1.165, 1.54) is 12.8 Å². The van der Waals surface area contributed by atoms with Crippen LogP contribution in [-0.4, -0.2) is 64.4 Å². The normalized spacial score (nSPS) is 14.0. The Morgan fingerprint density at radius 1 is 1.08 bits per heavy atom. The Bertz CT molecular complexity index is 225. The number of amides is 1. The van der Waals surface area contributed by atoms with E-state index in [4.69, 9.17) is 14.3 Å². The maximum Gasteiger partial charge on any atom is 0.206 e. The quantitative estimate of drug-likeness (QED) is 0.564. The molecule has 0 bridgehead atoms. The van der Waals surface area contributed by atoms with Crippen molar-refractivity contribution < 1.29 is 14.3 Å². The Labute approximate surface area is 151 Å². The zero-order valence-corrected chi connectivity index (χ0v) is 17.6. The molecule has 0 aromatic heterocycles. The van der Waals surface area contributed by atoms with Crippen LogP contribution in [0.2, 0.25) is 0 Å². The topological polar surface area (TPSA) is 50.8 Å². The number of nitrogens with zero attached hydrogens (tertiary/aromatic N) is 1. The van der Waals surface area contributed by atoms with Crippen molar-refractivity contribution in [2.75, 3.05) is 53.1 Å².